The summed E-state index contributed by atoms with van der Waals surface area (Å²) in [7, 11) is 1.59. The van der Waals surface area contributed by atoms with Gasteiger partial charge in [-0.3, -0.25) is 9.59 Å². The van der Waals surface area contributed by atoms with Crippen LogP contribution in [0.4, 0.5) is 0 Å². The summed E-state index contributed by atoms with van der Waals surface area (Å²) in [5, 5.41) is 2.64. The fourth-order valence-corrected chi connectivity index (χ4v) is 2.74. The first-order valence-electron chi connectivity index (χ1n) is 8.53. The first kappa shape index (κ1) is 18.7. The highest BCUT2D eigenvalue weighted by molar-refractivity contribution is 5.88. The Bertz CT molecular complexity index is 738. The Kier molecular flexibility index (Phi) is 6.34. The molecule has 0 aliphatic heterocycles. The summed E-state index contributed by atoms with van der Waals surface area (Å²) in [5.74, 6) is -0.214. The Morgan fingerprint density at radius 2 is 1.68 bits per heavy atom. The minimum absolute atomic E-state index is 0.0526. The predicted molar refractivity (Wildman–Crippen MR) is 100 cm³/mol. The third-order valence-electron chi connectivity index (χ3n) is 4.49. The molecule has 2 aromatic carbocycles. The van der Waals surface area contributed by atoms with Gasteiger partial charge in [-0.05, 0) is 37.5 Å². The quantitative estimate of drug-likeness (QED) is 0.880. The van der Waals surface area contributed by atoms with E-state index in [0.717, 1.165) is 22.3 Å². The molecule has 0 saturated carbocycles. The molecule has 0 fully saturated rings. The van der Waals surface area contributed by atoms with E-state index in [0.29, 0.717) is 6.54 Å². The fourth-order valence-electron chi connectivity index (χ4n) is 2.74. The Morgan fingerprint density at radius 1 is 1.04 bits per heavy atom. The van der Waals surface area contributed by atoms with E-state index < -0.39 is 6.04 Å². The molecule has 2 rings (SSSR count). The van der Waals surface area contributed by atoms with Gasteiger partial charge in [-0.1, -0.05) is 54.1 Å². The van der Waals surface area contributed by atoms with Crippen LogP contribution in [-0.4, -0.2) is 29.8 Å². The van der Waals surface area contributed by atoms with Crippen LogP contribution in [0.1, 0.15) is 29.2 Å². The maximum Gasteiger partial charge on any atom is 0.242 e. The lowest BCUT2D eigenvalue weighted by Gasteiger charge is -2.29. The number of hydrogen-bond acceptors (Lipinski definition) is 2. The zero-order chi connectivity index (χ0) is 18.4. The number of nitrogens with zero attached hydrogens (tertiary/aromatic N) is 1. The van der Waals surface area contributed by atoms with Crippen molar-refractivity contribution in [3.05, 3.63) is 70.8 Å². The number of nitrogens with one attached hydrogen (secondary N) is 1. The number of carbonyl (C=O) groups excluding carboxylic acids is 2. The van der Waals surface area contributed by atoms with Gasteiger partial charge in [0.25, 0.3) is 0 Å². The van der Waals surface area contributed by atoms with Crippen molar-refractivity contribution in [1.82, 2.24) is 10.2 Å². The molecule has 25 heavy (non-hydrogen) atoms. The van der Waals surface area contributed by atoms with E-state index in [1.807, 2.05) is 62.4 Å². The molecular formula is C21H26N2O2. The van der Waals surface area contributed by atoms with Crippen molar-refractivity contribution in [1.29, 1.82) is 0 Å². The van der Waals surface area contributed by atoms with Crippen LogP contribution in [-0.2, 0) is 22.6 Å². The van der Waals surface area contributed by atoms with Crippen LogP contribution in [0.5, 0.6) is 0 Å². The number of carbonyl (C=O) groups is 2. The van der Waals surface area contributed by atoms with E-state index in [1.54, 1.807) is 18.9 Å². The highest BCUT2D eigenvalue weighted by Gasteiger charge is 2.25. The van der Waals surface area contributed by atoms with E-state index >= 15 is 0 Å². The first-order valence-corrected chi connectivity index (χ1v) is 8.53. The van der Waals surface area contributed by atoms with E-state index in [4.69, 9.17) is 0 Å². The highest BCUT2D eigenvalue weighted by Crippen LogP contribution is 2.15. The molecule has 0 aromatic heterocycles. The Balaban J connectivity index is 2.23. The van der Waals surface area contributed by atoms with Gasteiger partial charge in [0, 0.05) is 13.6 Å². The number of hydrogen-bond donors (Lipinski definition) is 1. The van der Waals surface area contributed by atoms with Gasteiger partial charge >= 0.3 is 0 Å². The van der Waals surface area contributed by atoms with Crippen molar-refractivity contribution < 1.29 is 9.59 Å². The maximum atomic E-state index is 12.9. The lowest BCUT2D eigenvalue weighted by atomic mass is 10.1. The van der Waals surface area contributed by atoms with Crippen LogP contribution < -0.4 is 5.32 Å². The Morgan fingerprint density at radius 3 is 2.28 bits per heavy atom. The minimum Gasteiger partial charge on any atom is -0.357 e. The molecule has 2 amide bonds. The predicted octanol–water partition coefficient (Wildman–Crippen LogP) is 3.01. The Labute approximate surface area is 149 Å². The molecule has 0 aliphatic carbocycles. The standard InChI is InChI=1S/C21H26N2O2/c1-15-9-11-18(12-10-15)13-20(24)23(17(3)21(25)22-4)14-19-8-6-5-7-16(19)2/h5-12,17H,13-14H2,1-4H3,(H,22,25)/t17-/m1/s1. The molecule has 0 heterocycles. The lowest BCUT2D eigenvalue weighted by molar-refractivity contribution is -0.139. The molecule has 132 valence electrons. The van der Waals surface area contributed by atoms with Gasteiger partial charge in [0.2, 0.25) is 11.8 Å². The maximum absolute atomic E-state index is 12.9. The largest absolute Gasteiger partial charge is 0.357 e. The molecule has 4 heteroatoms. The van der Waals surface area contributed by atoms with Crippen LogP contribution in [0.3, 0.4) is 0 Å². The molecule has 0 unspecified atom stereocenters. The van der Waals surface area contributed by atoms with Crippen molar-refractivity contribution in [2.45, 2.75) is 39.8 Å². The first-order chi connectivity index (χ1) is 11.9. The average Bonchev–Trinajstić information content (AvgIpc) is 2.61. The monoisotopic (exact) mass is 338 g/mol. The summed E-state index contributed by atoms with van der Waals surface area (Å²) in [6.07, 6.45) is 0.285. The van der Waals surface area contributed by atoms with Gasteiger partial charge in [0.05, 0.1) is 6.42 Å². The third-order valence-corrected chi connectivity index (χ3v) is 4.49. The van der Waals surface area contributed by atoms with Gasteiger partial charge in [0.15, 0.2) is 0 Å². The van der Waals surface area contributed by atoms with Gasteiger partial charge in [-0.15, -0.1) is 0 Å². The third kappa shape index (κ3) is 4.92. The van der Waals surface area contributed by atoms with Crippen LogP contribution in [0.25, 0.3) is 0 Å². The van der Waals surface area contributed by atoms with Crippen molar-refractivity contribution in [3.63, 3.8) is 0 Å². The van der Waals surface area contributed by atoms with Crippen molar-refractivity contribution >= 4 is 11.8 Å². The van der Waals surface area contributed by atoms with Gasteiger partial charge in [0.1, 0.15) is 6.04 Å². The van der Waals surface area contributed by atoms with Gasteiger partial charge in [-0.25, -0.2) is 0 Å². The second-order valence-corrected chi connectivity index (χ2v) is 6.40. The number of amides is 2. The number of likely N-dealkylation sites (N-methyl/N-ethyl adjacent to an activating group) is 1. The minimum atomic E-state index is -0.525. The van der Waals surface area contributed by atoms with E-state index in [2.05, 4.69) is 5.32 Å². The lowest BCUT2D eigenvalue weighted by Crippen LogP contribution is -2.47. The summed E-state index contributed by atoms with van der Waals surface area (Å²) in [5.41, 5.74) is 4.27. The molecule has 0 spiro atoms. The molecule has 0 aliphatic rings. The molecule has 0 bridgehead atoms. The SMILES string of the molecule is CNC(=O)[C@@H](C)N(Cc1ccccc1C)C(=O)Cc1ccc(C)cc1. The normalized spacial score (nSPS) is 11.7. The zero-order valence-electron chi connectivity index (χ0n) is 15.4. The second kappa shape index (κ2) is 8.47. The summed E-state index contributed by atoms with van der Waals surface area (Å²) >= 11 is 0. The smallest absolute Gasteiger partial charge is 0.242 e. The van der Waals surface area contributed by atoms with Crippen LogP contribution in [0.2, 0.25) is 0 Å². The molecule has 1 N–H and O–H groups in total. The van der Waals surface area contributed by atoms with Crippen molar-refractivity contribution in [3.8, 4) is 0 Å². The molecule has 0 saturated heterocycles. The van der Waals surface area contributed by atoms with E-state index in [-0.39, 0.29) is 18.2 Å². The van der Waals surface area contributed by atoms with Crippen LogP contribution in [0.15, 0.2) is 48.5 Å². The van der Waals surface area contributed by atoms with Crippen molar-refractivity contribution in [2.75, 3.05) is 7.05 Å². The fraction of sp³-hybridized carbons (Fsp3) is 0.333. The summed E-state index contributed by atoms with van der Waals surface area (Å²) < 4.78 is 0. The molecule has 0 radical (unpaired) electrons. The summed E-state index contributed by atoms with van der Waals surface area (Å²) in [6.45, 7) is 6.22. The van der Waals surface area contributed by atoms with E-state index in [9.17, 15) is 9.59 Å². The molecular weight excluding hydrogens is 312 g/mol. The summed E-state index contributed by atoms with van der Waals surface area (Å²) in [4.78, 5) is 26.7. The zero-order valence-corrected chi connectivity index (χ0v) is 15.4. The van der Waals surface area contributed by atoms with Crippen molar-refractivity contribution in [2.24, 2.45) is 0 Å². The average molecular weight is 338 g/mol. The van der Waals surface area contributed by atoms with Crippen LogP contribution in [0, 0.1) is 13.8 Å². The van der Waals surface area contributed by atoms with Crippen LogP contribution >= 0.6 is 0 Å². The topological polar surface area (TPSA) is 49.4 Å². The Hall–Kier alpha value is -2.62. The van der Waals surface area contributed by atoms with Gasteiger partial charge in [-0.2, -0.15) is 0 Å². The highest BCUT2D eigenvalue weighted by atomic mass is 16.2. The van der Waals surface area contributed by atoms with E-state index in [1.165, 1.54) is 0 Å². The number of rotatable bonds is 6. The number of benzene rings is 2. The molecule has 1 atom stereocenters. The second-order valence-electron chi connectivity index (χ2n) is 6.40. The number of aryl methyl sites for hydroxylation is 2. The molecule has 4 nitrogen and oxygen atoms in total. The molecule has 2 aromatic rings. The van der Waals surface area contributed by atoms with Gasteiger partial charge < -0.3 is 10.2 Å². The summed E-state index contributed by atoms with van der Waals surface area (Å²) in [6, 6.07) is 15.3.